The van der Waals surface area contributed by atoms with E-state index in [4.69, 9.17) is 0 Å². The molecule has 5 nitrogen and oxygen atoms in total. The Labute approximate surface area is 144 Å². The van der Waals surface area contributed by atoms with Gasteiger partial charge < -0.3 is 9.47 Å². The molecule has 0 spiro atoms. The molecule has 2 heterocycles. The number of pyridine rings is 1. The summed E-state index contributed by atoms with van der Waals surface area (Å²) in [5.74, 6) is -0.313. The SMILES string of the molecule is O=C(Cn1cc(C(F)(F)F)ccc1=O)N1CCN(C2CCCC2)CC1. The Balaban J connectivity index is 1.60. The molecule has 0 N–H and O–H groups in total. The molecule has 1 aromatic rings. The Kier molecular flexibility index (Phi) is 5.17. The molecule has 2 fully saturated rings. The van der Waals surface area contributed by atoms with E-state index in [1.807, 2.05) is 0 Å². The second-order valence-electron chi connectivity index (χ2n) is 6.74. The fourth-order valence-electron chi connectivity index (χ4n) is 3.67. The van der Waals surface area contributed by atoms with E-state index in [9.17, 15) is 22.8 Å². The van der Waals surface area contributed by atoms with Gasteiger partial charge in [0.1, 0.15) is 6.54 Å². The molecule has 0 aromatic carbocycles. The summed E-state index contributed by atoms with van der Waals surface area (Å²) < 4.78 is 39.1. The quantitative estimate of drug-likeness (QED) is 0.831. The van der Waals surface area contributed by atoms with Crippen LogP contribution in [0.1, 0.15) is 31.2 Å². The largest absolute Gasteiger partial charge is 0.417 e. The number of carbonyl (C=O) groups excluding carboxylic acids is 1. The third-order valence-corrected chi connectivity index (χ3v) is 5.12. The maximum Gasteiger partial charge on any atom is 0.417 e. The summed E-state index contributed by atoms with van der Waals surface area (Å²) in [7, 11) is 0. The van der Waals surface area contributed by atoms with Gasteiger partial charge in [-0.3, -0.25) is 14.5 Å². The lowest BCUT2D eigenvalue weighted by Crippen LogP contribution is -2.52. The molecule has 138 valence electrons. The van der Waals surface area contributed by atoms with Gasteiger partial charge in [0.25, 0.3) is 5.56 Å². The average molecular weight is 357 g/mol. The Morgan fingerprint density at radius 3 is 2.32 bits per heavy atom. The van der Waals surface area contributed by atoms with Crippen LogP contribution >= 0.6 is 0 Å². The third kappa shape index (κ3) is 4.23. The lowest BCUT2D eigenvalue weighted by atomic mass is 10.2. The van der Waals surface area contributed by atoms with Gasteiger partial charge in [-0.2, -0.15) is 13.2 Å². The van der Waals surface area contributed by atoms with Crippen LogP contribution in [0.5, 0.6) is 0 Å². The molecule has 2 aliphatic rings. The zero-order valence-corrected chi connectivity index (χ0v) is 14.0. The van der Waals surface area contributed by atoms with Crippen LogP contribution < -0.4 is 5.56 Å². The van der Waals surface area contributed by atoms with E-state index in [1.165, 1.54) is 25.7 Å². The van der Waals surface area contributed by atoms with Crippen molar-refractivity contribution in [1.29, 1.82) is 0 Å². The molecule has 0 bridgehead atoms. The first-order valence-electron chi connectivity index (χ1n) is 8.64. The number of nitrogens with zero attached hydrogens (tertiary/aromatic N) is 3. The van der Waals surface area contributed by atoms with E-state index in [1.54, 1.807) is 4.90 Å². The van der Waals surface area contributed by atoms with Crippen molar-refractivity contribution in [1.82, 2.24) is 14.4 Å². The van der Waals surface area contributed by atoms with Gasteiger partial charge >= 0.3 is 6.18 Å². The van der Waals surface area contributed by atoms with Gasteiger partial charge in [-0.05, 0) is 18.9 Å². The minimum Gasteiger partial charge on any atom is -0.339 e. The molecule has 1 aliphatic heterocycles. The molecule has 0 radical (unpaired) electrons. The number of halogens is 3. The van der Waals surface area contributed by atoms with Crippen LogP contribution in [-0.4, -0.2) is 52.5 Å². The van der Waals surface area contributed by atoms with Crippen LogP contribution in [0, 0.1) is 0 Å². The van der Waals surface area contributed by atoms with Crippen molar-refractivity contribution in [3.8, 4) is 0 Å². The summed E-state index contributed by atoms with van der Waals surface area (Å²) in [6, 6.07) is 2.20. The number of carbonyl (C=O) groups is 1. The first-order chi connectivity index (χ1) is 11.8. The molecular formula is C17H22F3N3O2. The fraction of sp³-hybridized carbons (Fsp3) is 0.647. The lowest BCUT2D eigenvalue weighted by Gasteiger charge is -2.38. The van der Waals surface area contributed by atoms with Gasteiger partial charge in [0.15, 0.2) is 0 Å². The number of aromatic nitrogens is 1. The van der Waals surface area contributed by atoms with E-state index in [-0.39, 0.29) is 12.5 Å². The Morgan fingerprint density at radius 1 is 1.08 bits per heavy atom. The average Bonchev–Trinajstić information content (AvgIpc) is 3.10. The molecule has 0 unspecified atom stereocenters. The van der Waals surface area contributed by atoms with Crippen molar-refractivity contribution in [2.75, 3.05) is 26.2 Å². The summed E-state index contributed by atoms with van der Waals surface area (Å²) in [6.07, 6.45) is 1.09. The molecular weight excluding hydrogens is 335 g/mol. The van der Waals surface area contributed by atoms with Gasteiger partial charge in [0.2, 0.25) is 5.91 Å². The first kappa shape index (κ1) is 18.0. The molecule has 1 aromatic heterocycles. The number of hydrogen-bond acceptors (Lipinski definition) is 3. The standard InChI is InChI=1S/C17H22F3N3O2/c18-17(19,20)13-5-6-15(24)23(11-13)12-16(25)22-9-7-21(8-10-22)14-3-1-2-4-14/h5-6,11,14H,1-4,7-10,12H2. The molecule has 3 rings (SSSR count). The zero-order valence-electron chi connectivity index (χ0n) is 14.0. The van der Waals surface area contributed by atoms with Gasteiger partial charge in [-0.1, -0.05) is 12.8 Å². The fourth-order valence-corrected chi connectivity index (χ4v) is 3.67. The molecule has 1 saturated heterocycles. The number of rotatable bonds is 3. The number of piperazine rings is 1. The van der Waals surface area contributed by atoms with E-state index < -0.39 is 17.3 Å². The van der Waals surface area contributed by atoms with Crippen LogP contribution in [0.4, 0.5) is 13.2 Å². The summed E-state index contributed by atoms with van der Waals surface area (Å²) in [4.78, 5) is 28.2. The highest BCUT2D eigenvalue weighted by Gasteiger charge is 2.32. The minimum absolute atomic E-state index is 0.313. The Morgan fingerprint density at radius 2 is 1.72 bits per heavy atom. The second kappa shape index (κ2) is 7.19. The number of amides is 1. The Hall–Kier alpha value is -1.83. The van der Waals surface area contributed by atoms with Crippen molar-refractivity contribution in [3.63, 3.8) is 0 Å². The van der Waals surface area contributed by atoms with E-state index in [0.717, 1.165) is 36.0 Å². The summed E-state index contributed by atoms with van der Waals surface area (Å²) in [6.45, 7) is 2.33. The molecule has 25 heavy (non-hydrogen) atoms. The van der Waals surface area contributed by atoms with Crippen molar-refractivity contribution in [3.05, 3.63) is 34.2 Å². The number of hydrogen-bond donors (Lipinski definition) is 0. The van der Waals surface area contributed by atoms with Gasteiger partial charge in [0.05, 0.1) is 5.56 Å². The topological polar surface area (TPSA) is 45.6 Å². The first-order valence-corrected chi connectivity index (χ1v) is 8.64. The van der Waals surface area contributed by atoms with Crippen LogP contribution in [-0.2, 0) is 17.5 Å². The van der Waals surface area contributed by atoms with Crippen LogP contribution in [0.25, 0.3) is 0 Å². The predicted molar refractivity (Wildman–Crippen MR) is 86.1 cm³/mol. The number of alkyl halides is 3. The van der Waals surface area contributed by atoms with Crippen LogP contribution in [0.15, 0.2) is 23.1 Å². The Bertz CT molecular complexity index is 672. The highest BCUT2D eigenvalue weighted by molar-refractivity contribution is 5.76. The van der Waals surface area contributed by atoms with Crippen LogP contribution in [0.2, 0.25) is 0 Å². The van der Waals surface area contributed by atoms with Gasteiger partial charge in [-0.25, -0.2) is 0 Å². The van der Waals surface area contributed by atoms with E-state index >= 15 is 0 Å². The zero-order chi connectivity index (χ0) is 18.0. The van der Waals surface area contributed by atoms with Crippen molar-refractivity contribution in [2.45, 2.75) is 44.4 Å². The molecule has 1 aliphatic carbocycles. The highest BCUT2D eigenvalue weighted by Crippen LogP contribution is 2.28. The third-order valence-electron chi connectivity index (χ3n) is 5.12. The maximum absolute atomic E-state index is 12.8. The smallest absolute Gasteiger partial charge is 0.339 e. The maximum atomic E-state index is 12.8. The molecule has 1 amide bonds. The molecule has 1 saturated carbocycles. The van der Waals surface area contributed by atoms with Crippen molar-refractivity contribution in [2.24, 2.45) is 0 Å². The molecule has 0 atom stereocenters. The van der Waals surface area contributed by atoms with E-state index in [2.05, 4.69) is 4.90 Å². The van der Waals surface area contributed by atoms with E-state index in [0.29, 0.717) is 19.1 Å². The summed E-state index contributed by atoms with van der Waals surface area (Å²) in [5, 5.41) is 0. The second-order valence-corrected chi connectivity index (χ2v) is 6.74. The predicted octanol–water partition coefficient (Wildman–Crippen LogP) is 1.95. The summed E-state index contributed by atoms with van der Waals surface area (Å²) in [5.41, 5.74) is -1.53. The highest BCUT2D eigenvalue weighted by atomic mass is 19.4. The normalized spacial score (nSPS) is 20.2. The van der Waals surface area contributed by atoms with Gasteiger partial charge in [0, 0.05) is 44.5 Å². The minimum atomic E-state index is -4.54. The molecule has 8 heteroatoms. The summed E-state index contributed by atoms with van der Waals surface area (Å²) >= 11 is 0. The van der Waals surface area contributed by atoms with Gasteiger partial charge in [-0.15, -0.1) is 0 Å². The lowest BCUT2D eigenvalue weighted by molar-refractivity contribution is -0.139. The van der Waals surface area contributed by atoms with Crippen molar-refractivity contribution >= 4 is 5.91 Å². The van der Waals surface area contributed by atoms with Crippen LogP contribution in [0.3, 0.4) is 0 Å². The monoisotopic (exact) mass is 357 g/mol. The van der Waals surface area contributed by atoms with Crippen molar-refractivity contribution < 1.29 is 18.0 Å².